The van der Waals surface area contributed by atoms with Crippen LogP contribution in [0.15, 0.2) is 47.8 Å². The first-order valence-electron chi connectivity index (χ1n) is 7.23. The first-order valence-corrected chi connectivity index (χ1v) is 8.98. The minimum absolute atomic E-state index is 0.149. The molecule has 25 heavy (non-hydrogen) atoms. The number of hydrogen-bond donors (Lipinski definition) is 1. The van der Waals surface area contributed by atoms with Gasteiger partial charge in [0.15, 0.2) is 11.0 Å². The lowest BCUT2D eigenvalue weighted by Gasteiger charge is -2.08. The van der Waals surface area contributed by atoms with Crippen molar-refractivity contribution in [3.05, 3.63) is 52.6 Å². The number of nitrogens with one attached hydrogen (secondary N) is 1. The highest BCUT2D eigenvalue weighted by atomic mass is 35.5. The molecule has 0 aliphatic rings. The zero-order valence-electron chi connectivity index (χ0n) is 13.1. The summed E-state index contributed by atoms with van der Waals surface area (Å²) in [5.41, 5.74) is 1.13. The Labute approximate surface area is 158 Å². The summed E-state index contributed by atoms with van der Waals surface area (Å²) in [6, 6.07) is 10.6. The van der Waals surface area contributed by atoms with E-state index in [1.54, 1.807) is 29.0 Å². The highest BCUT2D eigenvalue weighted by Gasteiger charge is 2.15. The highest BCUT2D eigenvalue weighted by molar-refractivity contribution is 7.99. The molecule has 6 nitrogen and oxygen atoms in total. The number of anilines is 1. The number of thioether (sulfide) groups is 1. The third kappa shape index (κ3) is 4.12. The van der Waals surface area contributed by atoms with Crippen molar-refractivity contribution < 1.29 is 4.79 Å². The molecule has 3 rings (SSSR count). The number of aromatic nitrogens is 4. The maximum atomic E-state index is 12.2. The zero-order valence-corrected chi connectivity index (χ0v) is 15.4. The Morgan fingerprint density at radius 2 is 1.92 bits per heavy atom. The van der Waals surface area contributed by atoms with E-state index in [4.69, 9.17) is 23.2 Å². The number of hydrogen-bond acceptors (Lipinski definition) is 5. The van der Waals surface area contributed by atoms with Crippen molar-refractivity contribution in [2.45, 2.75) is 5.16 Å². The van der Waals surface area contributed by atoms with E-state index in [0.29, 0.717) is 26.7 Å². The Bertz CT molecular complexity index is 881. The maximum absolute atomic E-state index is 12.2. The predicted molar refractivity (Wildman–Crippen MR) is 100 cm³/mol. The number of amides is 1. The second-order valence-electron chi connectivity index (χ2n) is 5.01. The van der Waals surface area contributed by atoms with Crippen LogP contribution < -0.4 is 5.32 Å². The molecule has 2 heterocycles. The molecule has 0 fully saturated rings. The van der Waals surface area contributed by atoms with E-state index in [-0.39, 0.29) is 11.7 Å². The van der Waals surface area contributed by atoms with Gasteiger partial charge in [-0.2, -0.15) is 0 Å². The summed E-state index contributed by atoms with van der Waals surface area (Å²) in [5.74, 6) is 0.551. The summed E-state index contributed by atoms with van der Waals surface area (Å²) < 4.78 is 1.79. The summed E-state index contributed by atoms with van der Waals surface area (Å²) in [6.07, 6.45) is 1.69. The molecule has 0 radical (unpaired) electrons. The number of para-hydroxylation sites is 1. The normalized spacial score (nSPS) is 10.7. The standard InChI is InChI=1S/C16H13Cl2N5OS/c1-23-15(12-7-2-3-8-19-12)21-22-16(23)25-9-13(24)20-14-10(17)5-4-6-11(14)18/h2-8H,9H2,1H3,(H,20,24). The van der Waals surface area contributed by atoms with Crippen LogP contribution >= 0.6 is 35.0 Å². The Balaban J connectivity index is 1.66. The molecule has 0 bridgehead atoms. The molecule has 0 aliphatic heterocycles. The number of nitrogens with zero attached hydrogens (tertiary/aromatic N) is 4. The van der Waals surface area contributed by atoms with Crippen molar-refractivity contribution in [3.8, 4) is 11.5 Å². The van der Waals surface area contributed by atoms with Crippen LogP contribution in [-0.2, 0) is 11.8 Å². The van der Waals surface area contributed by atoms with Gasteiger partial charge in [-0.3, -0.25) is 9.78 Å². The topological polar surface area (TPSA) is 72.7 Å². The van der Waals surface area contributed by atoms with Crippen LogP contribution in [0.3, 0.4) is 0 Å². The van der Waals surface area contributed by atoms with E-state index in [1.165, 1.54) is 11.8 Å². The largest absolute Gasteiger partial charge is 0.323 e. The number of rotatable bonds is 5. The quantitative estimate of drug-likeness (QED) is 0.665. The molecule has 0 unspecified atom stereocenters. The van der Waals surface area contributed by atoms with E-state index in [1.807, 2.05) is 25.2 Å². The maximum Gasteiger partial charge on any atom is 0.234 e. The molecule has 1 amide bonds. The molecule has 1 N–H and O–H groups in total. The van der Waals surface area contributed by atoms with Crippen LogP contribution in [0.4, 0.5) is 5.69 Å². The number of carbonyl (C=O) groups excluding carboxylic acids is 1. The molecule has 0 saturated carbocycles. The molecule has 0 aliphatic carbocycles. The van der Waals surface area contributed by atoms with Gasteiger partial charge in [0, 0.05) is 13.2 Å². The Morgan fingerprint density at radius 3 is 2.60 bits per heavy atom. The summed E-state index contributed by atoms with van der Waals surface area (Å²) in [4.78, 5) is 16.4. The minimum atomic E-state index is -0.234. The third-order valence-electron chi connectivity index (χ3n) is 3.29. The van der Waals surface area contributed by atoms with E-state index in [9.17, 15) is 4.79 Å². The smallest absolute Gasteiger partial charge is 0.234 e. The molecule has 9 heteroatoms. The fraction of sp³-hybridized carbons (Fsp3) is 0.125. The number of halogens is 2. The summed E-state index contributed by atoms with van der Waals surface area (Å²) in [5, 5.41) is 12.3. The number of carbonyl (C=O) groups is 1. The van der Waals surface area contributed by atoms with E-state index in [0.717, 1.165) is 5.69 Å². The van der Waals surface area contributed by atoms with Gasteiger partial charge in [-0.05, 0) is 24.3 Å². The molecular formula is C16H13Cl2N5OS. The van der Waals surface area contributed by atoms with Gasteiger partial charge in [-0.1, -0.05) is 47.1 Å². The minimum Gasteiger partial charge on any atom is -0.323 e. The molecule has 1 aromatic carbocycles. The summed E-state index contributed by atoms with van der Waals surface area (Å²) >= 11 is 13.4. The average molecular weight is 394 g/mol. The van der Waals surface area contributed by atoms with Crippen LogP contribution in [0.5, 0.6) is 0 Å². The third-order valence-corrected chi connectivity index (χ3v) is 4.94. The van der Waals surface area contributed by atoms with Crippen molar-refractivity contribution in [2.24, 2.45) is 7.05 Å². The zero-order chi connectivity index (χ0) is 17.8. The molecule has 128 valence electrons. The SMILES string of the molecule is Cn1c(SCC(=O)Nc2c(Cl)cccc2Cl)nnc1-c1ccccn1. The highest BCUT2D eigenvalue weighted by Crippen LogP contribution is 2.30. The van der Waals surface area contributed by atoms with E-state index in [2.05, 4.69) is 20.5 Å². The van der Waals surface area contributed by atoms with E-state index >= 15 is 0 Å². The fourth-order valence-electron chi connectivity index (χ4n) is 2.08. The fourth-order valence-corrected chi connectivity index (χ4v) is 3.28. The lowest BCUT2D eigenvalue weighted by molar-refractivity contribution is -0.113. The second kappa shape index (κ2) is 7.86. The van der Waals surface area contributed by atoms with E-state index < -0.39 is 0 Å². The van der Waals surface area contributed by atoms with Crippen molar-refractivity contribution in [1.29, 1.82) is 0 Å². The van der Waals surface area contributed by atoms with Gasteiger partial charge in [-0.15, -0.1) is 10.2 Å². The molecule has 0 spiro atoms. The predicted octanol–water partition coefficient (Wildman–Crippen LogP) is 3.91. The van der Waals surface area contributed by atoms with Gasteiger partial charge in [0.2, 0.25) is 5.91 Å². The molecule has 2 aromatic heterocycles. The van der Waals surface area contributed by atoms with Crippen LogP contribution in [0.25, 0.3) is 11.5 Å². The molecule has 3 aromatic rings. The van der Waals surface area contributed by atoms with Crippen molar-refractivity contribution in [1.82, 2.24) is 19.7 Å². The molecule has 0 atom stereocenters. The molecular weight excluding hydrogens is 381 g/mol. The van der Waals surface area contributed by atoms with Crippen LogP contribution in [0, 0.1) is 0 Å². The summed E-state index contributed by atoms with van der Waals surface area (Å²) in [7, 11) is 1.83. The first kappa shape index (κ1) is 17.7. The first-order chi connectivity index (χ1) is 12.1. The Morgan fingerprint density at radius 1 is 1.16 bits per heavy atom. The lowest BCUT2D eigenvalue weighted by atomic mass is 10.3. The van der Waals surface area contributed by atoms with Crippen molar-refractivity contribution in [2.75, 3.05) is 11.1 Å². The Hall–Kier alpha value is -2.09. The van der Waals surface area contributed by atoms with Gasteiger partial charge in [-0.25, -0.2) is 0 Å². The van der Waals surface area contributed by atoms with Gasteiger partial charge >= 0.3 is 0 Å². The van der Waals surface area contributed by atoms with Crippen molar-refractivity contribution in [3.63, 3.8) is 0 Å². The van der Waals surface area contributed by atoms with Crippen LogP contribution in [-0.4, -0.2) is 31.4 Å². The number of benzene rings is 1. The van der Waals surface area contributed by atoms with Crippen LogP contribution in [0.1, 0.15) is 0 Å². The van der Waals surface area contributed by atoms with Crippen LogP contribution in [0.2, 0.25) is 10.0 Å². The average Bonchev–Trinajstić information content (AvgIpc) is 2.98. The second-order valence-corrected chi connectivity index (χ2v) is 6.77. The van der Waals surface area contributed by atoms with Gasteiger partial charge in [0.25, 0.3) is 0 Å². The van der Waals surface area contributed by atoms with Gasteiger partial charge in [0.05, 0.1) is 21.5 Å². The van der Waals surface area contributed by atoms with Gasteiger partial charge in [0.1, 0.15) is 5.69 Å². The lowest BCUT2D eigenvalue weighted by Crippen LogP contribution is -2.15. The molecule has 0 saturated heterocycles. The van der Waals surface area contributed by atoms with Crippen molar-refractivity contribution >= 4 is 46.6 Å². The Kier molecular flexibility index (Phi) is 5.57. The van der Waals surface area contributed by atoms with Gasteiger partial charge < -0.3 is 9.88 Å². The summed E-state index contributed by atoms with van der Waals surface area (Å²) in [6.45, 7) is 0. The monoisotopic (exact) mass is 393 g/mol. The number of pyridine rings is 1.